The molecular formula is C16H19F2N3O3S. The third-order valence-electron chi connectivity index (χ3n) is 4.36. The molecule has 0 saturated carbocycles. The standard InChI is InChI=1S/C16H19F2N3O3S/c1-20(2)25(22,23)10-11-8-24-9-14(11)21-7-6-19-16(21)15-12(17)4-3-5-13(15)18/h3-7,11,14H,8-10H2,1-2H3/t11-,14-/m1/s1. The lowest BCUT2D eigenvalue weighted by atomic mass is 10.1. The fourth-order valence-electron chi connectivity index (χ4n) is 2.96. The Morgan fingerprint density at radius 2 is 1.96 bits per heavy atom. The van der Waals surface area contributed by atoms with Gasteiger partial charge in [0.25, 0.3) is 0 Å². The van der Waals surface area contributed by atoms with Gasteiger partial charge in [0.15, 0.2) is 0 Å². The summed E-state index contributed by atoms with van der Waals surface area (Å²) < 4.78 is 60.8. The van der Waals surface area contributed by atoms with Gasteiger partial charge in [0.2, 0.25) is 10.0 Å². The number of benzene rings is 1. The Morgan fingerprint density at radius 1 is 1.28 bits per heavy atom. The van der Waals surface area contributed by atoms with E-state index in [1.54, 1.807) is 10.8 Å². The van der Waals surface area contributed by atoms with Gasteiger partial charge in [0, 0.05) is 32.4 Å². The van der Waals surface area contributed by atoms with Crippen molar-refractivity contribution >= 4 is 10.0 Å². The smallest absolute Gasteiger partial charge is 0.214 e. The second-order valence-corrected chi connectivity index (χ2v) is 8.41. The number of imidazole rings is 1. The molecule has 1 aliphatic heterocycles. The zero-order valence-corrected chi connectivity index (χ0v) is 14.7. The lowest BCUT2D eigenvalue weighted by molar-refractivity contribution is 0.182. The van der Waals surface area contributed by atoms with Crippen LogP contribution in [0.1, 0.15) is 6.04 Å². The minimum absolute atomic E-state index is 0.109. The highest BCUT2D eigenvalue weighted by molar-refractivity contribution is 7.89. The lowest BCUT2D eigenvalue weighted by Crippen LogP contribution is -2.32. The van der Waals surface area contributed by atoms with E-state index in [1.807, 2.05) is 0 Å². The largest absolute Gasteiger partial charge is 0.379 e. The topological polar surface area (TPSA) is 64.4 Å². The number of hydrogen-bond donors (Lipinski definition) is 0. The quantitative estimate of drug-likeness (QED) is 0.805. The van der Waals surface area contributed by atoms with Crippen molar-refractivity contribution in [2.75, 3.05) is 33.1 Å². The zero-order valence-electron chi connectivity index (χ0n) is 13.9. The average molecular weight is 371 g/mol. The Morgan fingerprint density at radius 3 is 2.60 bits per heavy atom. The Bertz CT molecular complexity index is 847. The molecule has 1 fully saturated rings. The summed E-state index contributed by atoms with van der Waals surface area (Å²) in [5.41, 5.74) is -0.228. The van der Waals surface area contributed by atoms with Crippen molar-refractivity contribution < 1.29 is 21.9 Å². The molecule has 0 aliphatic carbocycles. The van der Waals surface area contributed by atoms with E-state index < -0.39 is 21.7 Å². The van der Waals surface area contributed by atoms with Crippen molar-refractivity contribution in [2.45, 2.75) is 6.04 Å². The van der Waals surface area contributed by atoms with Gasteiger partial charge in [-0.05, 0) is 12.1 Å². The number of halogens is 2. The molecule has 1 aliphatic rings. The number of rotatable bonds is 5. The Hall–Kier alpha value is -1.84. The fourth-order valence-corrected chi connectivity index (χ4v) is 4.12. The van der Waals surface area contributed by atoms with E-state index in [2.05, 4.69) is 4.98 Å². The molecule has 0 bridgehead atoms. The number of hydrogen-bond acceptors (Lipinski definition) is 4. The maximum Gasteiger partial charge on any atom is 0.214 e. The summed E-state index contributed by atoms with van der Waals surface area (Å²) in [6.07, 6.45) is 3.03. The summed E-state index contributed by atoms with van der Waals surface area (Å²) in [6.45, 7) is 0.516. The summed E-state index contributed by atoms with van der Waals surface area (Å²) in [5.74, 6) is -1.76. The van der Waals surface area contributed by atoms with Gasteiger partial charge in [0.05, 0.1) is 30.6 Å². The Labute approximate surface area is 145 Å². The highest BCUT2D eigenvalue weighted by atomic mass is 32.2. The maximum atomic E-state index is 14.1. The van der Waals surface area contributed by atoms with Crippen LogP contribution in [-0.4, -0.2) is 55.3 Å². The Balaban J connectivity index is 1.97. The minimum atomic E-state index is -3.43. The molecule has 25 heavy (non-hydrogen) atoms. The highest BCUT2D eigenvalue weighted by Gasteiger charge is 2.35. The molecular weight excluding hydrogens is 352 g/mol. The summed E-state index contributed by atoms with van der Waals surface area (Å²) >= 11 is 0. The first-order chi connectivity index (χ1) is 11.8. The molecule has 0 spiro atoms. The molecule has 3 rings (SSSR count). The van der Waals surface area contributed by atoms with Crippen LogP contribution in [-0.2, 0) is 14.8 Å². The van der Waals surface area contributed by atoms with Gasteiger partial charge in [-0.25, -0.2) is 26.5 Å². The van der Waals surface area contributed by atoms with Crippen LogP contribution in [0.4, 0.5) is 8.78 Å². The first kappa shape index (κ1) is 18.0. The summed E-state index contributed by atoms with van der Waals surface area (Å²) in [5, 5.41) is 0. The first-order valence-electron chi connectivity index (χ1n) is 7.76. The molecule has 0 unspecified atom stereocenters. The van der Waals surface area contributed by atoms with Crippen LogP contribution in [0.15, 0.2) is 30.6 Å². The molecule has 1 aromatic carbocycles. The van der Waals surface area contributed by atoms with Crippen LogP contribution < -0.4 is 0 Å². The number of ether oxygens (including phenoxy) is 1. The molecule has 2 aromatic rings. The van der Waals surface area contributed by atoms with Crippen LogP contribution in [0.3, 0.4) is 0 Å². The van der Waals surface area contributed by atoms with Crippen LogP contribution >= 0.6 is 0 Å². The van der Waals surface area contributed by atoms with E-state index >= 15 is 0 Å². The number of sulfonamides is 1. The lowest BCUT2D eigenvalue weighted by Gasteiger charge is -2.22. The monoisotopic (exact) mass is 371 g/mol. The van der Waals surface area contributed by atoms with E-state index in [4.69, 9.17) is 4.74 Å². The molecule has 136 valence electrons. The zero-order chi connectivity index (χ0) is 18.2. The molecule has 2 atom stereocenters. The van der Waals surface area contributed by atoms with E-state index in [1.165, 1.54) is 26.4 Å². The molecule has 1 aromatic heterocycles. The highest BCUT2D eigenvalue weighted by Crippen LogP contribution is 2.33. The average Bonchev–Trinajstić information content (AvgIpc) is 3.15. The molecule has 0 radical (unpaired) electrons. The molecule has 2 heterocycles. The van der Waals surface area contributed by atoms with Crippen molar-refractivity contribution in [3.63, 3.8) is 0 Å². The Kier molecular flexibility index (Phi) is 4.90. The molecule has 0 amide bonds. The van der Waals surface area contributed by atoms with Gasteiger partial charge in [-0.3, -0.25) is 0 Å². The number of aromatic nitrogens is 2. The van der Waals surface area contributed by atoms with E-state index in [-0.39, 0.29) is 42.3 Å². The third-order valence-corrected chi connectivity index (χ3v) is 6.32. The van der Waals surface area contributed by atoms with Crippen molar-refractivity contribution in [1.29, 1.82) is 0 Å². The summed E-state index contributed by atoms with van der Waals surface area (Å²) in [6, 6.07) is 3.24. The first-order valence-corrected chi connectivity index (χ1v) is 9.37. The van der Waals surface area contributed by atoms with Crippen molar-refractivity contribution in [2.24, 2.45) is 5.92 Å². The predicted octanol–water partition coefficient (Wildman–Crippen LogP) is 1.91. The number of nitrogens with zero attached hydrogens (tertiary/aromatic N) is 3. The van der Waals surface area contributed by atoms with E-state index in [9.17, 15) is 17.2 Å². The van der Waals surface area contributed by atoms with Crippen molar-refractivity contribution in [1.82, 2.24) is 13.9 Å². The summed E-state index contributed by atoms with van der Waals surface area (Å²) in [4.78, 5) is 4.09. The van der Waals surface area contributed by atoms with Gasteiger partial charge >= 0.3 is 0 Å². The van der Waals surface area contributed by atoms with Gasteiger partial charge in [-0.15, -0.1) is 0 Å². The van der Waals surface area contributed by atoms with Gasteiger partial charge in [-0.2, -0.15) is 0 Å². The predicted molar refractivity (Wildman–Crippen MR) is 88.4 cm³/mol. The van der Waals surface area contributed by atoms with Gasteiger partial charge < -0.3 is 9.30 Å². The molecule has 0 N–H and O–H groups in total. The van der Waals surface area contributed by atoms with Crippen molar-refractivity contribution in [3.8, 4) is 11.4 Å². The fraction of sp³-hybridized carbons (Fsp3) is 0.438. The van der Waals surface area contributed by atoms with Gasteiger partial charge in [0.1, 0.15) is 17.5 Å². The van der Waals surface area contributed by atoms with E-state index in [0.29, 0.717) is 0 Å². The minimum Gasteiger partial charge on any atom is -0.379 e. The second-order valence-electron chi connectivity index (χ2n) is 6.18. The van der Waals surface area contributed by atoms with Crippen LogP contribution in [0.25, 0.3) is 11.4 Å². The molecule has 9 heteroatoms. The summed E-state index contributed by atoms with van der Waals surface area (Å²) in [7, 11) is -0.488. The normalized spacial score (nSPS) is 21.2. The second kappa shape index (κ2) is 6.81. The van der Waals surface area contributed by atoms with Crippen LogP contribution in [0.5, 0.6) is 0 Å². The van der Waals surface area contributed by atoms with E-state index in [0.717, 1.165) is 16.4 Å². The van der Waals surface area contributed by atoms with Crippen LogP contribution in [0.2, 0.25) is 0 Å². The van der Waals surface area contributed by atoms with Crippen LogP contribution in [0, 0.1) is 17.6 Å². The SMILES string of the molecule is CN(C)S(=O)(=O)C[C@H]1COC[C@H]1n1ccnc1-c1c(F)cccc1F. The molecule has 1 saturated heterocycles. The molecule has 6 nitrogen and oxygen atoms in total. The third kappa shape index (κ3) is 3.44. The maximum absolute atomic E-state index is 14.1. The van der Waals surface area contributed by atoms with Gasteiger partial charge in [-0.1, -0.05) is 6.07 Å². The van der Waals surface area contributed by atoms with Crippen molar-refractivity contribution in [3.05, 3.63) is 42.2 Å².